The van der Waals surface area contributed by atoms with E-state index in [0.717, 1.165) is 0 Å². The Hall–Kier alpha value is -0.260. The molecular formula is C4H5O6P. The Kier molecular flexibility index (Phi) is 1.28. The number of aldehydes is 1. The summed E-state index contributed by atoms with van der Waals surface area (Å²) >= 11 is 0. The van der Waals surface area contributed by atoms with Crippen LogP contribution in [-0.4, -0.2) is 23.5 Å². The number of hydrogen-bond donors (Lipinski definition) is 1. The molecule has 0 saturated carbocycles. The number of phosphoric ester groups is 1. The molecule has 0 aromatic rings. The topological polar surface area (TPSA) is 82.1 Å². The van der Waals surface area contributed by atoms with Crippen molar-refractivity contribution in [2.24, 2.45) is 0 Å². The predicted molar refractivity (Wildman–Crippen MR) is 30.3 cm³/mol. The Bertz CT molecular complexity index is 222. The summed E-state index contributed by atoms with van der Waals surface area (Å²) in [6.07, 6.45) is -1.02. The third-order valence-corrected chi connectivity index (χ3v) is 2.87. The van der Waals surface area contributed by atoms with E-state index in [9.17, 15) is 9.36 Å². The third kappa shape index (κ3) is 0.953. The average molecular weight is 180 g/mol. The molecule has 3 aliphatic heterocycles. The molecule has 1 unspecified atom stereocenters. The van der Waals surface area contributed by atoms with Gasteiger partial charge in [0.25, 0.3) is 0 Å². The maximum absolute atomic E-state index is 10.6. The molecule has 62 valence electrons. The van der Waals surface area contributed by atoms with Gasteiger partial charge in [-0.3, -0.25) is 0 Å². The van der Waals surface area contributed by atoms with Gasteiger partial charge in [0, 0.05) is 0 Å². The molecule has 3 fully saturated rings. The first-order valence-corrected chi connectivity index (χ1v) is 4.39. The second-order valence-electron chi connectivity index (χ2n) is 2.31. The maximum atomic E-state index is 10.6. The molecule has 6 nitrogen and oxygen atoms in total. The van der Waals surface area contributed by atoms with Crippen LogP contribution in [0.4, 0.5) is 0 Å². The highest BCUT2D eigenvalue weighted by atomic mass is 31.2. The first-order valence-electron chi connectivity index (χ1n) is 2.93. The molecule has 3 heterocycles. The summed E-state index contributed by atoms with van der Waals surface area (Å²) in [5.41, 5.74) is 0. The molecule has 3 saturated heterocycles. The Morgan fingerprint density at radius 1 is 1.55 bits per heavy atom. The highest BCUT2D eigenvalue weighted by Crippen LogP contribution is 2.80. The summed E-state index contributed by atoms with van der Waals surface area (Å²) in [7, 11) is -3.18. The molecule has 1 atom stereocenters. The Morgan fingerprint density at radius 3 is 2.45 bits per heavy atom. The number of carbonyl (C=O) groups is 1. The first kappa shape index (κ1) is 7.39. The minimum atomic E-state index is -3.18. The van der Waals surface area contributed by atoms with Gasteiger partial charge in [-0.2, -0.15) is 0 Å². The van der Waals surface area contributed by atoms with E-state index < -0.39 is 19.9 Å². The fraction of sp³-hybridized carbons (Fsp3) is 0.750. The molecule has 0 aliphatic carbocycles. The van der Waals surface area contributed by atoms with Crippen LogP contribution in [0.5, 0.6) is 0 Å². The fourth-order valence-corrected chi connectivity index (χ4v) is 2.23. The summed E-state index contributed by atoms with van der Waals surface area (Å²) in [6.45, 7) is 0. The molecule has 0 spiro atoms. The normalized spacial score (nSPS) is 48.8. The van der Waals surface area contributed by atoms with Gasteiger partial charge in [0.05, 0.1) is 6.42 Å². The van der Waals surface area contributed by atoms with E-state index in [0.29, 0.717) is 6.29 Å². The van der Waals surface area contributed by atoms with Crippen molar-refractivity contribution in [1.29, 1.82) is 0 Å². The lowest BCUT2D eigenvalue weighted by atomic mass is 10.2. The fourth-order valence-electron chi connectivity index (χ4n) is 0.948. The van der Waals surface area contributed by atoms with Gasteiger partial charge in [-0.05, 0) is 0 Å². The van der Waals surface area contributed by atoms with E-state index in [-0.39, 0.29) is 6.42 Å². The van der Waals surface area contributed by atoms with Crippen molar-refractivity contribution in [1.82, 2.24) is 0 Å². The quantitative estimate of drug-likeness (QED) is 0.477. The zero-order chi connectivity index (χ0) is 8.11. The SMILES string of the molecule is O=CC(O)CC12OP(=O)(O1)O2. The van der Waals surface area contributed by atoms with Crippen LogP contribution >= 0.6 is 7.82 Å². The van der Waals surface area contributed by atoms with Gasteiger partial charge >= 0.3 is 13.8 Å². The number of hydrogen-bond acceptors (Lipinski definition) is 6. The molecule has 2 bridgehead atoms. The molecule has 1 N–H and O–H groups in total. The van der Waals surface area contributed by atoms with Gasteiger partial charge in [-0.1, -0.05) is 0 Å². The zero-order valence-electron chi connectivity index (χ0n) is 5.30. The molecule has 0 amide bonds. The Balaban J connectivity index is 1.91. The summed E-state index contributed by atoms with van der Waals surface area (Å²) < 4.78 is 24.3. The van der Waals surface area contributed by atoms with Crippen molar-refractivity contribution in [2.75, 3.05) is 0 Å². The first-order chi connectivity index (χ1) is 5.08. The van der Waals surface area contributed by atoms with Gasteiger partial charge in [-0.25, -0.2) is 18.1 Å². The molecule has 3 rings (SSSR count). The number of carbonyl (C=O) groups excluding carboxylic acids is 1. The van der Waals surface area contributed by atoms with E-state index in [1.54, 1.807) is 0 Å². The number of rotatable bonds is 3. The molecule has 3 aliphatic rings. The standard InChI is InChI=1S/C4H5O6P/c5-2-3(6)1-4-8-11(7,9-4)10-4/h2-3,6H,1H2. The number of aliphatic hydroxyl groups excluding tert-OH is 1. The van der Waals surface area contributed by atoms with Gasteiger partial charge in [0.2, 0.25) is 0 Å². The minimum absolute atomic E-state index is 0.138. The minimum Gasteiger partial charge on any atom is -0.385 e. The van der Waals surface area contributed by atoms with Crippen LogP contribution in [0.15, 0.2) is 0 Å². The second-order valence-corrected chi connectivity index (χ2v) is 3.75. The van der Waals surface area contributed by atoms with Crippen molar-refractivity contribution < 1.29 is 28.0 Å². The molecular weight excluding hydrogens is 175 g/mol. The lowest BCUT2D eigenvalue weighted by Crippen LogP contribution is -2.58. The van der Waals surface area contributed by atoms with E-state index in [1.165, 1.54) is 0 Å². The second kappa shape index (κ2) is 1.91. The van der Waals surface area contributed by atoms with Crippen LogP contribution in [-0.2, 0) is 22.9 Å². The van der Waals surface area contributed by atoms with Crippen molar-refractivity contribution >= 4 is 14.1 Å². The number of phosphoric acid groups is 1. The zero-order valence-corrected chi connectivity index (χ0v) is 6.19. The highest BCUT2D eigenvalue weighted by Gasteiger charge is 2.74. The van der Waals surface area contributed by atoms with E-state index >= 15 is 0 Å². The van der Waals surface area contributed by atoms with Crippen molar-refractivity contribution in [3.8, 4) is 0 Å². The van der Waals surface area contributed by atoms with E-state index in [1.807, 2.05) is 0 Å². The van der Waals surface area contributed by atoms with Crippen LogP contribution in [0.3, 0.4) is 0 Å². The summed E-state index contributed by atoms with van der Waals surface area (Å²) in [5, 5.41) is 8.77. The van der Waals surface area contributed by atoms with Crippen LogP contribution < -0.4 is 0 Å². The van der Waals surface area contributed by atoms with E-state index in [4.69, 9.17) is 5.11 Å². The molecule has 7 heteroatoms. The van der Waals surface area contributed by atoms with E-state index in [2.05, 4.69) is 13.6 Å². The average Bonchev–Trinajstić information content (AvgIpc) is 1.82. The van der Waals surface area contributed by atoms with Crippen LogP contribution in [0.2, 0.25) is 0 Å². The molecule has 0 aromatic heterocycles. The Labute approximate surface area is 61.7 Å². The lowest BCUT2D eigenvalue weighted by molar-refractivity contribution is -0.433. The van der Waals surface area contributed by atoms with Crippen molar-refractivity contribution in [3.05, 3.63) is 0 Å². The van der Waals surface area contributed by atoms with Crippen LogP contribution in [0.25, 0.3) is 0 Å². The van der Waals surface area contributed by atoms with Crippen molar-refractivity contribution in [3.63, 3.8) is 0 Å². The number of aliphatic hydroxyl groups is 1. The monoisotopic (exact) mass is 180 g/mol. The highest BCUT2D eigenvalue weighted by molar-refractivity contribution is 7.51. The molecule has 0 aromatic carbocycles. The molecule has 11 heavy (non-hydrogen) atoms. The van der Waals surface area contributed by atoms with Crippen LogP contribution in [0, 0.1) is 0 Å². The summed E-state index contributed by atoms with van der Waals surface area (Å²) in [4.78, 5) is 9.93. The van der Waals surface area contributed by atoms with Gasteiger partial charge in [0.1, 0.15) is 12.4 Å². The molecule has 0 radical (unpaired) electrons. The van der Waals surface area contributed by atoms with Gasteiger partial charge in [0.15, 0.2) is 0 Å². The van der Waals surface area contributed by atoms with Crippen LogP contribution in [0.1, 0.15) is 6.42 Å². The van der Waals surface area contributed by atoms with Crippen molar-refractivity contribution in [2.45, 2.75) is 18.5 Å². The summed E-state index contributed by atoms with van der Waals surface area (Å²) in [6, 6.07) is 0. The predicted octanol–water partition coefficient (Wildman–Crippen LogP) is -0.225. The third-order valence-electron chi connectivity index (χ3n) is 1.37. The maximum Gasteiger partial charge on any atom is 0.488 e. The Morgan fingerprint density at radius 2 is 2.09 bits per heavy atom. The smallest absolute Gasteiger partial charge is 0.385 e. The largest absolute Gasteiger partial charge is 0.488 e. The van der Waals surface area contributed by atoms with Gasteiger partial charge < -0.3 is 9.90 Å². The van der Waals surface area contributed by atoms with Gasteiger partial charge in [-0.15, -0.1) is 0 Å². The lowest BCUT2D eigenvalue weighted by Gasteiger charge is -2.55. The summed E-state index contributed by atoms with van der Waals surface area (Å²) in [5.74, 6) is -1.39.